The minimum Gasteiger partial charge on any atom is -0.361 e. The summed E-state index contributed by atoms with van der Waals surface area (Å²) in [4.78, 5) is 33.0. The van der Waals surface area contributed by atoms with Crippen LogP contribution in [0.5, 0.6) is 0 Å². The van der Waals surface area contributed by atoms with Gasteiger partial charge in [0.2, 0.25) is 11.8 Å². The van der Waals surface area contributed by atoms with Gasteiger partial charge in [-0.05, 0) is 49.9 Å². The van der Waals surface area contributed by atoms with Crippen molar-refractivity contribution in [1.82, 2.24) is 20.1 Å². The molecule has 142 valence electrons. The summed E-state index contributed by atoms with van der Waals surface area (Å²) >= 11 is 0. The van der Waals surface area contributed by atoms with Crippen molar-refractivity contribution in [1.29, 1.82) is 0 Å². The Morgan fingerprint density at radius 1 is 1.19 bits per heavy atom. The van der Waals surface area contributed by atoms with E-state index in [1.807, 2.05) is 24.4 Å². The van der Waals surface area contributed by atoms with E-state index < -0.39 is 0 Å². The third-order valence-corrected chi connectivity index (χ3v) is 6.63. The second-order valence-corrected chi connectivity index (χ2v) is 8.19. The van der Waals surface area contributed by atoms with Gasteiger partial charge in [-0.25, -0.2) is 0 Å². The highest BCUT2D eigenvalue weighted by molar-refractivity contribution is 5.91. The first-order valence-electron chi connectivity index (χ1n) is 10.1. The zero-order valence-electron chi connectivity index (χ0n) is 15.5. The van der Waals surface area contributed by atoms with E-state index in [1.54, 1.807) is 4.90 Å². The maximum absolute atomic E-state index is 13.0. The highest BCUT2D eigenvalue weighted by Crippen LogP contribution is 2.29. The van der Waals surface area contributed by atoms with Crippen LogP contribution in [0.15, 0.2) is 30.5 Å². The van der Waals surface area contributed by atoms with Crippen molar-refractivity contribution in [2.45, 2.75) is 44.3 Å². The first kappa shape index (κ1) is 16.8. The molecule has 4 saturated heterocycles. The van der Waals surface area contributed by atoms with Gasteiger partial charge in [0.25, 0.3) is 0 Å². The molecule has 0 spiro atoms. The summed E-state index contributed by atoms with van der Waals surface area (Å²) in [5.41, 5.74) is 2.13. The minimum absolute atomic E-state index is 0.0273. The van der Waals surface area contributed by atoms with E-state index in [1.165, 1.54) is 12.8 Å². The van der Waals surface area contributed by atoms with Crippen molar-refractivity contribution < 1.29 is 9.59 Å². The molecule has 1 aromatic heterocycles. The molecular weight excluding hydrogens is 340 g/mol. The predicted molar refractivity (Wildman–Crippen MR) is 103 cm³/mol. The fourth-order valence-electron chi connectivity index (χ4n) is 5.06. The zero-order valence-corrected chi connectivity index (χ0v) is 15.5. The third-order valence-electron chi connectivity index (χ3n) is 6.63. The fourth-order valence-corrected chi connectivity index (χ4v) is 5.06. The summed E-state index contributed by atoms with van der Waals surface area (Å²) in [6.45, 7) is 3.76. The molecule has 6 rings (SSSR count). The number of carbonyl (C=O) groups excluding carboxylic acids is 2. The Hall–Kier alpha value is -2.34. The maximum Gasteiger partial charge on any atom is 0.243 e. The van der Waals surface area contributed by atoms with E-state index in [9.17, 15) is 9.59 Å². The lowest BCUT2D eigenvalue weighted by atomic mass is 9.84. The molecule has 2 atom stereocenters. The molecule has 2 bridgehead atoms. The number of aromatic nitrogens is 1. The zero-order chi connectivity index (χ0) is 18.4. The van der Waals surface area contributed by atoms with Gasteiger partial charge in [0.1, 0.15) is 6.04 Å². The second kappa shape index (κ2) is 6.68. The molecule has 2 N–H and O–H groups in total. The summed E-state index contributed by atoms with van der Waals surface area (Å²) in [7, 11) is 0. The van der Waals surface area contributed by atoms with E-state index >= 15 is 0 Å². The fraction of sp³-hybridized carbons (Fsp3) is 0.524. The normalized spacial score (nSPS) is 30.2. The van der Waals surface area contributed by atoms with Gasteiger partial charge < -0.3 is 20.1 Å². The van der Waals surface area contributed by atoms with Crippen LogP contribution < -0.4 is 5.32 Å². The van der Waals surface area contributed by atoms with Gasteiger partial charge in [0, 0.05) is 42.7 Å². The molecule has 6 nitrogen and oxygen atoms in total. The molecule has 4 aliphatic heterocycles. The monoisotopic (exact) mass is 366 g/mol. The number of benzene rings is 1. The molecule has 0 saturated carbocycles. The largest absolute Gasteiger partial charge is 0.361 e. The van der Waals surface area contributed by atoms with Gasteiger partial charge >= 0.3 is 0 Å². The van der Waals surface area contributed by atoms with Crippen molar-refractivity contribution in [3.05, 3.63) is 36.0 Å². The Labute approximate surface area is 158 Å². The van der Waals surface area contributed by atoms with Crippen LogP contribution in [0.4, 0.5) is 0 Å². The molecule has 4 fully saturated rings. The van der Waals surface area contributed by atoms with E-state index in [2.05, 4.69) is 21.3 Å². The molecule has 6 heteroatoms. The average Bonchev–Trinajstić information content (AvgIpc) is 3.27. The van der Waals surface area contributed by atoms with E-state index in [-0.39, 0.29) is 23.9 Å². The summed E-state index contributed by atoms with van der Waals surface area (Å²) in [6, 6.07) is 7.98. The molecular formula is C21H26N4O2. The molecule has 0 radical (unpaired) electrons. The number of piperidine rings is 3. The van der Waals surface area contributed by atoms with Crippen molar-refractivity contribution in [2.24, 2.45) is 5.92 Å². The number of nitrogens with one attached hydrogen (secondary N) is 2. The molecule has 2 aromatic rings. The molecule has 2 amide bonds. The van der Waals surface area contributed by atoms with Crippen LogP contribution in [0.25, 0.3) is 10.9 Å². The number of H-pyrrole nitrogens is 1. The predicted octanol–water partition coefficient (Wildman–Crippen LogP) is 1.87. The van der Waals surface area contributed by atoms with Gasteiger partial charge in [-0.15, -0.1) is 0 Å². The number of hydrogen-bond acceptors (Lipinski definition) is 3. The van der Waals surface area contributed by atoms with Crippen LogP contribution in [0.1, 0.15) is 31.2 Å². The van der Waals surface area contributed by atoms with E-state index in [0.717, 1.165) is 36.1 Å². The van der Waals surface area contributed by atoms with Gasteiger partial charge in [0.15, 0.2) is 0 Å². The molecule has 5 heterocycles. The molecule has 0 aliphatic carbocycles. The maximum atomic E-state index is 13.0. The van der Waals surface area contributed by atoms with Crippen molar-refractivity contribution in [3.63, 3.8) is 0 Å². The van der Waals surface area contributed by atoms with Crippen LogP contribution in [0.2, 0.25) is 0 Å². The number of para-hydroxylation sites is 1. The van der Waals surface area contributed by atoms with Gasteiger partial charge in [0.05, 0.1) is 0 Å². The van der Waals surface area contributed by atoms with Gasteiger partial charge in [-0.2, -0.15) is 0 Å². The van der Waals surface area contributed by atoms with E-state index in [4.69, 9.17) is 0 Å². The van der Waals surface area contributed by atoms with Crippen LogP contribution in [0, 0.1) is 5.92 Å². The lowest BCUT2D eigenvalue weighted by Gasteiger charge is -2.45. The topological polar surface area (TPSA) is 68.4 Å². The Kier molecular flexibility index (Phi) is 4.16. The van der Waals surface area contributed by atoms with Crippen LogP contribution >= 0.6 is 0 Å². The van der Waals surface area contributed by atoms with Crippen LogP contribution in [-0.4, -0.2) is 58.3 Å². The highest BCUT2D eigenvalue weighted by Gasteiger charge is 2.40. The number of hydrogen-bond donors (Lipinski definition) is 2. The third kappa shape index (κ3) is 3.02. The number of fused-ring (bicyclic) bond motifs is 4. The number of rotatable bonds is 4. The summed E-state index contributed by atoms with van der Waals surface area (Å²) in [6.07, 6.45) is 5.38. The van der Waals surface area contributed by atoms with Crippen molar-refractivity contribution in [2.75, 3.05) is 19.6 Å². The summed E-state index contributed by atoms with van der Waals surface area (Å²) in [5, 5.41) is 4.40. The SMILES string of the molecule is O=C(NC1CN2CCC1CC2)C1CCC(=O)N1Cc1c[nH]c2ccccc12. The lowest BCUT2D eigenvalue weighted by molar-refractivity contribution is -0.136. The molecule has 2 unspecified atom stereocenters. The molecule has 4 aliphatic rings. The lowest BCUT2D eigenvalue weighted by Crippen LogP contribution is -2.59. The highest BCUT2D eigenvalue weighted by atomic mass is 16.2. The Bertz CT molecular complexity index is 868. The summed E-state index contributed by atoms with van der Waals surface area (Å²) < 4.78 is 0. The number of aromatic amines is 1. The number of likely N-dealkylation sites (tertiary alicyclic amines) is 1. The molecule has 1 aromatic carbocycles. The molecule has 27 heavy (non-hydrogen) atoms. The Morgan fingerprint density at radius 2 is 2.00 bits per heavy atom. The second-order valence-electron chi connectivity index (χ2n) is 8.19. The van der Waals surface area contributed by atoms with Crippen LogP contribution in [-0.2, 0) is 16.1 Å². The number of amides is 2. The quantitative estimate of drug-likeness (QED) is 0.868. The average molecular weight is 366 g/mol. The van der Waals surface area contributed by atoms with Crippen molar-refractivity contribution >= 4 is 22.7 Å². The standard InChI is InChI=1S/C21H26N4O2/c26-20-6-5-19(21(27)23-18-13-24-9-7-14(18)8-10-24)25(20)12-15-11-22-17-4-2-1-3-16(15)17/h1-4,11,14,18-19,22H,5-10,12-13H2,(H,23,27). The first-order chi connectivity index (χ1) is 13.2. The van der Waals surface area contributed by atoms with E-state index in [0.29, 0.717) is 25.3 Å². The van der Waals surface area contributed by atoms with Crippen LogP contribution in [0.3, 0.4) is 0 Å². The van der Waals surface area contributed by atoms with Crippen molar-refractivity contribution in [3.8, 4) is 0 Å². The summed E-state index contributed by atoms with van der Waals surface area (Å²) in [5.74, 6) is 0.701. The smallest absolute Gasteiger partial charge is 0.243 e. The number of carbonyl (C=O) groups is 2. The number of nitrogens with zero attached hydrogens (tertiary/aromatic N) is 2. The van der Waals surface area contributed by atoms with Gasteiger partial charge in [-0.3, -0.25) is 9.59 Å². The van der Waals surface area contributed by atoms with Gasteiger partial charge in [-0.1, -0.05) is 18.2 Å². The minimum atomic E-state index is -0.346. The Balaban J connectivity index is 1.31. The Morgan fingerprint density at radius 3 is 2.78 bits per heavy atom. The first-order valence-corrected chi connectivity index (χ1v) is 10.1.